The Bertz CT molecular complexity index is 462. The van der Waals surface area contributed by atoms with Crippen LogP contribution < -0.4 is 10.6 Å². The SMILES string of the molecule is CC(C(N)=S)N1CCN(c2nc(C3CC3)ns2)CC1. The van der Waals surface area contributed by atoms with Crippen molar-refractivity contribution in [1.82, 2.24) is 14.3 Å². The summed E-state index contributed by atoms with van der Waals surface area (Å²) >= 11 is 6.60. The smallest absolute Gasteiger partial charge is 0.205 e. The molecule has 2 aliphatic rings. The van der Waals surface area contributed by atoms with Crippen LogP contribution in [0.3, 0.4) is 0 Å². The highest BCUT2D eigenvalue weighted by atomic mass is 32.1. The summed E-state index contributed by atoms with van der Waals surface area (Å²) in [4.78, 5) is 9.91. The normalized spacial score (nSPS) is 22.5. The minimum atomic E-state index is 0.189. The molecule has 1 aliphatic carbocycles. The maximum Gasteiger partial charge on any atom is 0.205 e. The maximum atomic E-state index is 5.71. The van der Waals surface area contributed by atoms with Crippen molar-refractivity contribution < 1.29 is 0 Å². The van der Waals surface area contributed by atoms with Crippen LogP contribution in [0, 0.1) is 0 Å². The Labute approximate surface area is 123 Å². The van der Waals surface area contributed by atoms with Gasteiger partial charge in [0.25, 0.3) is 0 Å². The van der Waals surface area contributed by atoms with Crippen LogP contribution in [0.4, 0.5) is 5.13 Å². The van der Waals surface area contributed by atoms with Crippen LogP contribution >= 0.6 is 23.8 Å². The third-order valence-electron chi connectivity index (χ3n) is 3.92. The van der Waals surface area contributed by atoms with Crippen LogP contribution in [0.5, 0.6) is 0 Å². The summed E-state index contributed by atoms with van der Waals surface area (Å²) in [6.07, 6.45) is 2.52. The molecule has 1 atom stereocenters. The van der Waals surface area contributed by atoms with Crippen LogP contribution in [0.2, 0.25) is 0 Å². The van der Waals surface area contributed by atoms with Crippen molar-refractivity contribution in [2.45, 2.75) is 31.7 Å². The van der Waals surface area contributed by atoms with Crippen molar-refractivity contribution in [1.29, 1.82) is 0 Å². The van der Waals surface area contributed by atoms with Crippen LogP contribution in [0.15, 0.2) is 0 Å². The molecule has 2 N–H and O–H groups in total. The first-order valence-electron chi connectivity index (χ1n) is 6.77. The van der Waals surface area contributed by atoms with E-state index in [0.717, 1.165) is 37.1 Å². The van der Waals surface area contributed by atoms with E-state index in [1.807, 2.05) is 0 Å². The van der Waals surface area contributed by atoms with E-state index in [0.29, 0.717) is 10.9 Å². The van der Waals surface area contributed by atoms with E-state index in [2.05, 4.69) is 26.1 Å². The summed E-state index contributed by atoms with van der Waals surface area (Å²) in [6.45, 7) is 6.00. The number of anilines is 1. The van der Waals surface area contributed by atoms with Gasteiger partial charge < -0.3 is 10.6 Å². The molecule has 1 saturated heterocycles. The lowest BCUT2D eigenvalue weighted by Gasteiger charge is -2.37. The van der Waals surface area contributed by atoms with Gasteiger partial charge in [-0.25, -0.2) is 4.98 Å². The molecule has 104 valence electrons. The maximum absolute atomic E-state index is 5.71. The van der Waals surface area contributed by atoms with Gasteiger partial charge in [0.2, 0.25) is 5.13 Å². The van der Waals surface area contributed by atoms with E-state index in [-0.39, 0.29) is 6.04 Å². The molecule has 1 saturated carbocycles. The van der Waals surface area contributed by atoms with Gasteiger partial charge in [-0.3, -0.25) is 4.90 Å². The fraction of sp³-hybridized carbons (Fsp3) is 0.750. The summed E-state index contributed by atoms with van der Waals surface area (Å²) in [5.74, 6) is 1.69. The third-order valence-corrected chi connectivity index (χ3v) is 5.05. The molecule has 7 heteroatoms. The highest BCUT2D eigenvalue weighted by Crippen LogP contribution is 2.39. The van der Waals surface area contributed by atoms with Gasteiger partial charge >= 0.3 is 0 Å². The highest BCUT2D eigenvalue weighted by molar-refractivity contribution is 7.80. The van der Waals surface area contributed by atoms with Gasteiger partial charge in [-0.1, -0.05) is 12.2 Å². The zero-order valence-electron chi connectivity index (χ0n) is 11.1. The Morgan fingerprint density at radius 3 is 2.63 bits per heavy atom. The first kappa shape index (κ1) is 13.2. The van der Waals surface area contributed by atoms with E-state index < -0.39 is 0 Å². The Hall–Kier alpha value is -0.790. The lowest BCUT2D eigenvalue weighted by Crippen LogP contribution is -2.52. The topological polar surface area (TPSA) is 58.3 Å². The zero-order chi connectivity index (χ0) is 13.4. The van der Waals surface area contributed by atoms with Crippen LogP contribution in [-0.2, 0) is 0 Å². The van der Waals surface area contributed by atoms with Gasteiger partial charge in [-0.2, -0.15) is 4.37 Å². The molecule has 2 fully saturated rings. The highest BCUT2D eigenvalue weighted by Gasteiger charge is 2.29. The summed E-state index contributed by atoms with van der Waals surface area (Å²) in [5, 5.41) is 1.07. The Morgan fingerprint density at radius 1 is 1.37 bits per heavy atom. The molecule has 19 heavy (non-hydrogen) atoms. The molecule has 5 nitrogen and oxygen atoms in total. The number of hydrogen-bond acceptors (Lipinski definition) is 6. The second kappa shape index (κ2) is 5.30. The second-order valence-corrected chi connectivity index (χ2v) is 6.51. The van der Waals surface area contributed by atoms with E-state index >= 15 is 0 Å². The predicted molar refractivity (Wildman–Crippen MR) is 81.9 cm³/mol. The van der Waals surface area contributed by atoms with Crippen molar-refractivity contribution in [3.05, 3.63) is 5.82 Å². The predicted octanol–water partition coefficient (Wildman–Crippen LogP) is 1.21. The zero-order valence-corrected chi connectivity index (χ0v) is 12.7. The monoisotopic (exact) mass is 297 g/mol. The van der Waals surface area contributed by atoms with Gasteiger partial charge in [-0.15, -0.1) is 0 Å². The average molecular weight is 297 g/mol. The van der Waals surface area contributed by atoms with Gasteiger partial charge in [-0.05, 0) is 19.8 Å². The van der Waals surface area contributed by atoms with Crippen molar-refractivity contribution in [3.63, 3.8) is 0 Å². The molecule has 1 aliphatic heterocycles. The van der Waals surface area contributed by atoms with E-state index in [9.17, 15) is 0 Å². The molecule has 0 spiro atoms. The number of nitrogens with two attached hydrogens (primary N) is 1. The van der Waals surface area contributed by atoms with E-state index in [4.69, 9.17) is 18.0 Å². The van der Waals surface area contributed by atoms with Gasteiger partial charge in [0.1, 0.15) is 5.82 Å². The number of rotatable bonds is 4. The number of hydrogen-bond donors (Lipinski definition) is 1. The van der Waals surface area contributed by atoms with Crippen molar-refractivity contribution in [3.8, 4) is 0 Å². The van der Waals surface area contributed by atoms with Crippen molar-refractivity contribution in [2.24, 2.45) is 5.73 Å². The summed E-state index contributed by atoms with van der Waals surface area (Å²) < 4.78 is 4.47. The Morgan fingerprint density at radius 2 is 2.05 bits per heavy atom. The van der Waals surface area contributed by atoms with E-state index in [1.165, 1.54) is 24.4 Å². The molecule has 1 aromatic rings. The van der Waals surface area contributed by atoms with Crippen LogP contribution in [0.1, 0.15) is 31.5 Å². The minimum absolute atomic E-state index is 0.189. The minimum Gasteiger partial charge on any atom is -0.392 e. The molecule has 2 heterocycles. The molecule has 1 aromatic heterocycles. The third kappa shape index (κ3) is 2.88. The molecule has 0 amide bonds. The standard InChI is InChI=1S/C12H19N5S2/c1-8(10(13)18)16-4-6-17(7-5-16)12-14-11(15-19-12)9-2-3-9/h8-9H,2-7H2,1H3,(H2,13,18). The summed E-state index contributed by atoms with van der Waals surface area (Å²) in [5.41, 5.74) is 5.71. The van der Waals surface area contributed by atoms with Crippen molar-refractivity contribution in [2.75, 3.05) is 31.1 Å². The molecule has 0 bridgehead atoms. The molecule has 0 radical (unpaired) electrons. The van der Waals surface area contributed by atoms with Crippen molar-refractivity contribution >= 4 is 33.9 Å². The quantitative estimate of drug-likeness (QED) is 0.843. The summed E-state index contributed by atoms with van der Waals surface area (Å²) in [7, 11) is 0. The van der Waals surface area contributed by atoms with Gasteiger partial charge in [0.05, 0.1) is 11.0 Å². The number of thiocarbonyl (C=S) groups is 1. The number of aromatic nitrogens is 2. The Balaban J connectivity index is 1.58. The first-order valence-corrected chi connectivity index (χ1v) is 7.95. The molecule has 0 aromatic carbocycles. The molecular formula is C12H19N5S2. The molecule has 1 unspecified atom stereocenters. The summed E-state index contributed by atoms with van der Waals surface area (Å²) in [6, 6.07) is 0.189. The fourth-order valence-corrected chi connectivity index (χ4v) is 3.29. The number of nitrogens with zero attached hydrogens (tertiary/aromatic N) is 4. The first-order chi connectivity index (χ1) is 9.15. The lowest BCUT2D eigenvalue weighted by atomic mass is 10.2. The van der Waals surface area contributed by atoms with Gasteiger partial charge in [0, 0.05) is 43.6 Å². The lowest BCUT2D eigenvalue weighted by molar-refractivity contribution is 0.239. The number of piperazine rings is 1. The van der Waals surface area contributed by atoms with Crippen LogP contribution in [0.25, 0.3) is 0 Å². The fourth-order valence-electron chi connectivity index (χ4n) is 2.34. The van der Waals surface area contributed by atoms with Gasteiger partial charge in [0.15, 0.2) is 0 Å². The van der Waals surface area contributed by atoms with E-state index in [1.54, 1.807) is 0 Å². The largest absolute Gasteiger partial charge is 0.392 e. The Kier molecular flexibility index (Phi) is 3.68. The van der Waals surface area contributed by atoms with Crippen LogP contribution in [-0.4, -0.2) is 51.5 Å². The molecular weight excluding hydrogens is 278 g/mol. The second-order valence-electron chi connectivity index (χ2n) is 5.31. The molecule has 3 rings (SSSR count). The average Bonchev–Trinajstić information content (AvgIpc) is 3.16.